The van der Waals surface area contributed by atoms with Gasteiger partial charge in [-0.1, -0.05) is 0 Å². The lowest BCUT2D eigenvalue weighted by Gasteiger charge is -2.16. The molecule has 1 unspecified atom stereocenters. The number of nitrogens with one attached hydrogen (secondary N) is 1. The van der Waals surface area contributed by atoms with Gasteiger partial charge >= 0.3 is 5.69 Å². The summed E-state index contributed by atoms with van der Waals surface area (Å²) >= 11 is 0. The van der Waals surface area contributed by atoms with Crippen LogP contribution in [0, 0.1) is 21.8 Å². The van der Waals surface area contributed by atoms with Gasteiger partial charge < -0.3 is 15.0 Å². The molecule has 1 heterocycles. The Morgan fingerprint density at radius 1 is 1.32 bits per heavy atom. The van der Waals surface area contributed by atoms with Crippen molar-refractivity contribution in [3.63, 3.8) is 0 Å². The molecule has 2 amide bonds. The van der Waals surface area contributed by atoms with Crippen molar-refractivity contribution in [3.05, 3.63) is 58.4 Å². The summed E-state index contributed by atoms with van der Waals surface area (Å²) in [5, 5.41) is 13.6. The lowest BCUT2D eigenvalue weighted by Crippen LogP contribution is -2.28. The summed E-state index contributed by atoms with van der Waals surface area (Å²) in [6, 6.07) is 10.1. The molecule has 0 bridgehead atoms. The first-order valence-electron chi connectivity index (χ1n) is 8.67. The molecule has 1 N–H and O–H groups in total. The first-order valence-corrected chi connectivity index (χ1v) is 8.67. The van der Waals surface area contributed by atoms with Crippen molar-refractivity contribution in [2.45, 2.75) is 13.3 Å². The molecule has 8 nitrogen and oxygen atoms in total. The highest BCUT2D eigenvalue weighted by Gasteiger charge is 2.36. The summed E-state index contributed by atoms with van der Waals surface area (Å²) in [7, 11) is 0. The molecule has 2 aromatic rings. The number of nitro groups is 1. The molecule has 9 heteroatoms. The van der Waals surface area contributed by atoms with E-state index >= 15 is 0 Å². The second-order valence-electron chi connectivity index (χ2n) is 6.24. The zero-order valence-corrected chi connectivity index (χ0v) is 15.1. The Morgan fingerprint density at radius 2 is 2.04 bits per heavy atom. The Morgan fingerprint density at radius 3 is 2.68 bits per heavy atom. The fourth-order valence-electron chi connectivity index (χ4n) is 2.99. The van der Waals surface area contributed by atoms with E-state index in [0.29, 0.717) is 18.0 Å². The van der Waals surface area contributed by atoms with Gasteiger partial charge in [0.15, 0.2) is 0 Å². The van der Waals surface area contributed by atoms with Gasteiger partial charge in [-0.3, -0.25) is 19.7 Å². The molecule has 1 atom stereocenters. The minimum atomic E-state index is -0.981. The van der Waals surface area contributed by atoms with Crippen molar-refractivity contribution in [1.29, 1.82) is 0 Å². The van der Waals surface area contributed by atoms with E-state index in [1.807, 2.05) is 6.92 Å². The van der Waals surface area contributed by atoms with Crippen molar-refractivity contribution < 1.29 is 23.6 Å². The monoisotopic (exact) mass is 387 g/mol. The number of anilines is 2. The van der Waals surface area contributed by atoms with E-state index in [2.05, 4.69) is 5.32 Å². The maximum atomic E-state index is 13.5. The number of hydrogen-bond acceptors (Lipinski definition) is 5. The van der Waals surface area contributed by atoms with E-state index in [0.717, 1.165) is 12.1 Å². The highest BCUT2D eigenvalue weighted by atomic mass is 19.1. The molecule has 0 aromatic heterocycles. The fraction of sp³-hybridized carbons (Fsp3) is 0.263. The summed E-state index contributed by atoms with van der Waals surface area (Å²) in [4.78, 5) is 36.1. The predicted octanol–water partition coefficient (Wildman–Crippen LogP) is 3.12. The van der Waals surface area contributed by atoms with E-state index in [1.54, 1.807) is 24.3 Å². The van der Waals surface area contributed by atoms with Crippen LogP contribution in [-0.4, -0.2) is 29.9 Å². The van der Waals surface area contributed by atoms with Crippen LogP contribution < -0.4 is 15.0 Å². The molecular formula is C19H18FN3O5. The van der Waals surface area contributed by atoms with Crippen molar-refractivity contribution in [2.24, 2.45) is 5.92 Å². The highest BCUT2D eigenvalue weighted by Crippen LogP contribution is 2.30. The first-order chi connectivity index (χ1) is 13.4. The van der Waals surface area contributed by atoms with Crippen LogP contribution in [0.15, 0.2) is 42.5 Å². The lowest BCUT2D eigenvalue weighted by molar-refractivity contribution is -0.387. The van der Waals surface area contributed by atoms with E-state index < -0.39 is 22.3 Å². The number of carbonyl (C=O) groups excluding carboxylic acids is 2. The standard InChI is InChI=1S/C19H18FN3O5/c1-2-28-15-6-3-13(4-7-15)21-19(25)12-9-18(24)22(11-12)14-5-8-16(20)17(10-14)23(26)27/h3-8,10,12H,2,9,11H2,1H3,(H,21,25). The van der Waals surface area contributed by atoms with E-state index in [-0.39, 0.29) is 30.5 Å². The van der Waals surface area contributed by atoms with Gasteiger partial charge in [0.05, 0.1) is 23.1 Å². The van der Waals surface area contributed by atoms with Gasteiger partial charge in [-0.2, -0.15) is 4.39 Å². The number of carbonyl (C=O) groups is 2. The molecule has 1 fully saturated rings. The summed E-state index contributed by atoms with van der Waals surface area (Å²) in [5.74, 6) is -1.61. The number of amides is 2. The number of nitro benzene ring substituents is 1. The molecule has 146 valence electrons. The molecule has 2 aromatic carbocycles. The summed E-state index contributed by atoms with van der Waals surface area (Å²) < 4.78 is 18.8. The van der Waals surface area contributed by atoms with Crippen LogP contribution in [0.25, 0.3) is 0 Å². The minimum absolute atomic E-state index is 0.0337. The van der Waals surface area contributed by atoms with E-state index in [4.69, 9.17) is 4.74 Å². The van der Waals surface area contributed by atoms with E-state index in [9.17, 15) is 24.1 Å². The van der Waals surface area contributed by atoms with Gasteiger partial charge in [0.1, 0.15) is 5.75 Å². The Balaban J connectivity index is 1.69. The van der Waals surface area contributed by atoms with Crippen molar-refractivity contribution in [2.75, 3.05) is 23.4 Å². The van der Waals surface area contributed by atoms with Crippen molar-refractivity contribution in [3.8, 4) is 5.75 Å². The molecular weight excluding hydrogens is 369 g/mol. The Hall–Kier alpha value is -3.49. The van der Waals surface area contributed by atoms with Gasteiger partial charge in [-0.25, -0.2) is 0 Å². The quantitative estimate of drug-likeness (QED) is 0.606. The molecule has 1 aliphatic rings. The zero-order chi connectivity index (χ0) is 20.3. The SMILES string of the molecule is CCOc1ccc(NC(=O)C2CC(=O)N(c3ccc(F)c([N+](=O)[O-])c3)C2)cc1. The molecule has 0 saturated carbocycles. The largest absolute Gasteiger partial charge is 0.494 e. The maximum absolute atomic E-state index is 13.5. The average molecular weight is 387 g/mol. The zero-order valence-electron chi connectivity index (χ0n) is 15.1. The van der Waals surface area contributed by atoms with E-state index in [1.165, 1.54) is 11.0 Å². The maximum Gasteiger partial charge on any atom is 0.306 e. The smallest absolute Gasteiger partial charge is 0.306 e. The first kappa shape index (κ1) is 19.3. The van der Waals surface area contributed by atoms with Crippen LogP contribution in [0.3, 0.4) is 0 Å². The Labute approximate surface area is 160 Å². The third-order valence-corrected chi connectivity index (χ3v) is 4.37. The van der Waals surface area contributed by atoms with Crippen LogP contribution in [-0.2, 0) is 9.59 Å². The van der Waals surface area contributed by atoms with Crippen molar-refractivity contribution in [1.82, 2.24) is 0 Å². The number of hydrogen-bond donors (Lipinski definition) is 1. The second kappa shape index (κ2) is 8.03. The molecule has 3 rings (SSSR count). The third kappa shape index (κ3) is 4.08. The van der Waals surface area contributed by atoms with Crippen LogP contribution in [0.1, 0.15) is 13.3 Å². The topological polar surface area (TPSA) is 102 Å². The highest BCUT2D eigenvalue weighted by molar-refractivity contribution is 6.03. The molecule has 0 radical (unpaired) electrons. The summed E-state index contributed by atoms with van der Waals surface area (Å²) in [6.45, 7) is 2.46. The molecule has 1 aliphatic heterocycles. The number of halogens is 1. The van der Waals surface area contributed by atoms with Gasteiger partial charge in [-0.15, -0.1) is 0 Å². The fourth-order valence-corrected chi connectivity index (χ4v) is 2.99. The van der Waals surface area contributed by atoms with Crippen molar-refractivity contribution >= 4 is 28.9 Å². The second-order valence-corrected chi connectivity index (χ2v) is 6.24. The molecule has 28 heavy (non-hydrogen) atoms. The number of nitrogens with zero attached hydrogens (tertiary/aromatic N) is 2. The minimum Gasteiger partial charge on any atom is -0.494 e. The molecule has 0 spiro atoms. The van der Waals surface area contributed by atoms with Crippen LogP contribution >= 0.6 is 0 Å². The predicted molar refractivity (Wildman–Crippen MR) is 99.8 cm³/mol. The number of ether oxygens (including phenoxy) is 1. The molecule has 0 aliphatic carbocycles. The van der Waals surface area contributed by atoms with Crippen LogP contribution in [0.2, 0.25) is 0 Å². The van der Waals surface area contributed by atoms with Crippen LogP contribution in [0.5, 0.6) is 5.75 Å². The lowest BCUT2D eigenvalue weighted by atomic mass is 10.1. The molecule has 1 saturated heterocycles. The number of benzene rings is 2. The average Bonchev–Trinajstić information content (AvgIpc) is 3.05. The Kier molecular flexibility index (Phi) is 5.53. The van der Waals surface area contributed by atoms with Crippen LogP contribution in [0.4, 0.5) is 21.5 Å². The summed E-state index contributed by atoms with van der Waals surface area (Å²) in [5.41, 5.74) is 0.0406. The normalized spacial score (nSPS) is 16.1. The third-order valence-electron chi connectivity index (χ3n) is 4.37. The van der Waals surface area contributed by atoms with Gasteiger partial charge in [-0.05, 0) is 43.3 Å². The summed E-state index contributed by atoms with van der Waals surface area (Å²) in [6.07, 6.45) is -0.0337. The Bertz CT molecular complexity index is 916. The van der Waals surface area contributed by atoms with Gasteiger partial charge in [0.25, 0.3) is 0 Å². The van der Waals surface area contributed by atoms with Gasteiger partial charge in [0.2, 0.25) is 17.6 Å². The number of rotatable bonds is 6. The van der Waals surface area contributed by atoms with Gasteiger partial charge in [0, 0.05) is 24.7 Å².